The molecule has 1 aromatic heterocycles. The molecule has 2 N–H and O–H groups in total. The highest BCUT2D eigenvalue weighted by molar-refractivity contribution is 8.27. The van der Waals surface area contributed by atoms with Crippen LogP contribution >= 0.6 is 10.9 Å². The maximum atomic E-state index is 14.4. The molecule has 0 saturated heterocycles. The summed E-state index contributed by atoms with van der Waals surface area (Å²) in [5.41, 5.74) is 2.72. The van der Waals surface area contributed by atoms with Crippen molar-refractivity contribution in [1.29, 1.82) is 0 Å². The molecule has 1 atom stereocenters. The molecule has 1 aliphatic rings. The van der Waals surface area contributed by atoms with E-state index < -0.39 is 10.9 Å². The lowest BCUT2D eigenvalue weighted by atomic mass is 10.1. The molecule has 1 unspecified atom stereocenters. The predicted octanol–water partition coefficient (Wildman–Crippen LogP) is 2.67. The zero-order valence-corrected chi connectivity index (χ0v) is 13.4. The highest BCUT2D eigenvalue weighted by atomic mass is 32.2. The van der Waals surface area contributed by atoms with E-state index in [4.69, 9.17) is 0 Å². The number of aryl methyl sites for hydroxylation is 1. The average Bonchev–Trinajstić information content (AvgIpc) is 2.59. The highest BCUT2D eigenvalue weighted by Crippen LogP contribution is 2.31. The second-order valence-corrected chi connectivity index (χ2v) is 6.25. The SMILES string of the molecule is CNC(=O)c1ccc(C)c(N=C2NC(c3ccncc3)=S2F)c1. The first-order valence-corrected chi connectivity index (χ1v) is 8.09. The number of hydrogen-bond donors (Lipinski definition) is 2. The number of carbonyl (C=O) groups excluding carboxylic acids is 1. The van der Waals surface area contributed by atoms with Gasteiger partial charge < -0.3 is 10.6 Å². The number of carbonyl (C=O) groups is 1. The lowest BCUT2D eigenvalue weighted by Crippen LogP contribution is -2.39. The number of amidine groups is 1. The van der Waals surface area contributed by atoms with E-state index in [2.05, 4.69) is 20.6 Å². The molecule has 2 heterocycles. The molecule has 0 radical (unpaired) electrons. The molecule has 23 heavy (non-hydrogen) atoms. The van der Waals surface area contributed by atoms with Crippen molar-refractivity contribution in [3.8, 4) is 0 Å². The number of benzene rings is 1. The molecule has 5 nitrogen and oxygen atoms in total. The monoisotopic (exact) mass is 330 g/mol. The van der Waals surface area contributed by atoms with Gasteiger partial charge in [-0.25, -0.2) is 4.99 Å². The number of nitrogens with one attached hydrogen (secondary N) is 2. The van der Waals surface area contributed by atoms with Crippen molar-refractivity contribution in [3.63, 3.8) is 0 Å². The Kier molecular flexibility index (Phi) is 4.20. The molecule has 0 fully saturated rings. The fourth-order valence-electron chi connectivity index (χ4n) is 2.11. The fraction of sp³-hybridized carbons (Fsp3) is 0.125. The van der Waals surface area contributed by atoms with Crippen LogP contribution in [-0.2, 0) is 0 Å². The third-order valence-corrected chi connectivity index (χ3v) is 4.66. The Morgan fingerprint density at radius 3 is 2.70 bits per heavy atom. The highest BCUT2D eigenvalue weighted by Gasteiger charge is 2.25. The zero-order chi connectivity index (χ0) is 16.4. The minimum atomic E-state index is -1.57. The second kappa shape index (κ2) is 6.29. The topological polar surface area (TPSA) is 66.4 Å². The number of aromatic nitrogens is 1. The maximum Gasteiger partial charge on any atom is 0.251 e. The summed E-state index contributed by atoms with van der Waals surface area (Å²) in [6, 6.07) is 8.67. The summed E-state index contributed by atoms with van der Waals surface area (Å²) in [5, 5.41) is 5.79. The number of hydrogen-bond acceptors (Lipinski definition) is 3. The van der Waals surface area contributed by atoms with Gasteiger partial charge in [0.15, 0.2) is 5.17 Å². The minimum Gasteiger partial charge on any atom is -0.355 e. The van der Waals surface area contributed by atoms with Gasteiger partial charge >= 0.3 is 0 Å². The van der Waals surface area contributed by atoms with E-state index in [9.17, 15) is 8.68 Å². The van der Waals surface area contributed by atoms with Crippen molar-refractivity contribution in [1.82, 2.24) is 15.6 Å². The fourth-order valence-corrected chi connectivity index (χ4v) is 3.05. The lowest BCUT2D eigenvalue weighted by Gasteiger charge is -2.23. The molecule has 118 valence electrons. The summed E-state index contributed by atoms with van der Waals surface area (Å²) >= 11 is 0. The molecule has 0 bridgehead atoms. The van der Waals surface area contributed by atoms with Crippen LogP contribution < -0.4 is 10.6 Å². The molecule has 0 spiro atoms. The van der Waals surface area contributed by atoms with Crippen LogP contribution in [0.4, 0.5) is 9.57 Å². The van der Waals surface area contributed by atoms with Crippen LogP contribution in [0.15, 0.2) is 47.7 Å². The first kappa shape index (κ1) is 15.4. The number of amides is 1. The lowest BCUT2D eigenvalue weighted by molar-refractivity contribution is 0.0963. The zero-order valence-electron chi connectivity index (χ0n) is 12.6. The van der Waals surface area contributed by atoms with E-state index >= 15 is 0 Å². The first-order valence-electron chi connectivity index (χ1n) is 6.96. The quantitative estimate of drug-likeness (QED) is 0.850. The van der Waals surface area contributed by atoms with Gasteiger partial charge in [-0.3, -0.25) is 9.78 Å². The van der Waals surface area contributed by atoms with Crippen LogP contribution in [-0.4, -0.2) is 28.1 Å². The summed E-state index contributed by atoms with van der Waals surface area (Å²) < 4.78 is 14.4. The van der Waals surface area contributed by atoms with Crippen LogP contribution in [0.5, 0.6) is 0 Å². The van der Waals surface area contributed by atoms with Gasteiger partial charge in [0.05, 0.1) is 16.6 Å². The molecule has 1 amide bonds. The normalized spacial score (nSPS) is 18.3. The summed E-state index contributed by atoms with van der Waals surface area (Å²) in [5.74, 6) is -0.198. The van der Waals surface area contributed by atoms with Crippen LogP contribution in [0.3, 0.4) is 0 Å². The van der Waals surface area contributed by atoms with Crippen molar-refractivity contribution in [2.45, 2.75) is 6.92 Å². The van der Waals surface area contributed by atoms with Crippen LogP contribution in [0.25, 0.3) is 0 Å². The molecular formula is C16H15FN4OS. The van der Waals surface area contributed by atoms with Gasteiger partial charge in [-0.1, -0.05) is 6.07 Å². The molecular weight excluding hydrogens is 315 g/mol. The summed E-state index contributed by atoms with van der Waals surface area (Å²) in [6.07, 6.45) is 3.24. The maximum absolute atomic E-state index is 14.4. The van der Waals surface area contributed by atoms with E-state index in [-0.39, 0.29) is 11.1 Å². The van der Waals surface area contributed by atoms with Gasteiger partial charge in [0.25, 0.3) is 5.91 Å². The van der Waals surface area contributed by atoms with Crippen molar-refractivity contribution < 1.29 is 8.68 Å². The molecule has 0 saturated carbocycles. The van der Waals surface area contributed by atoms with E-state index in [1.54, 1.807) is 49.8 Å². The Balaban J connectivity index is 1.92. The van der Waals surface area contributed by atoms with Crippen LogP contribution in [0, 0.1) is 6.92 Å². The van der Waals surface area contributed by atoms with Gasteiger partial charge in [0, 0.05) is 30.6 Å². The van der Waals surface area contributed by atoms with Gasteiger partial charge in [-0.2, -0.15) is 3.89 Å². The van der Waals surface area contributed by atoms with E-state index in [0.717, 1.165) is 11.1 Å². The Morgan fingerprint density at radius 1 is 1.30 bits per heavy atom. The standard InChI is InChI=1S/C16H15FN4OS/c1-10-3-4-12(14(22)18-2)9-13(10)20-16-21-15(23(16)17)11-5-7-19-8-6-11/h3-9H,1-2H3,(H,18,22)(H,20,21). The molecule has 0 aliphatic carbocycles. The number of halogens is 1. The Hall–Kier alpha value is -2.54. The second-order valence-electron chi connectivity index (χ2n) is 4.94. The van der Waals surface area contributed by atoms with Crippen molar-refractivity contribution in [2.75, 3.05) is 7.05 Å². The largest absolute Gasteiger partial charge is 0.355 e. The van der Waals surface area contributed by atoms with Crippen molar-refractivity contribution in [2.24, 2.45) is 4.99 Å². The Labute approximate surface area is 135 Å². The average molecular weight is 330 g/mol. The molecule has 3 rings (SSSR count). The van der Waals surface area contributed by atoms with Gasteiger partial charge in [0.2, 0.25) is 0 Å². The summed E-state index contributed by atoms with van der Waals surface area (Å²) in [7, 11) is -0.00352. The van der Waals surface area contributed by atoms with E-state index in [1.165, 1.54) is 0 Å². The molecule has 7 heteroatoms. The van der Waals surface area contributed by atoms with Gasteiger partial charge in [-0.05, 0) is 36.8 Å². The number of nitrogens with zero attached hydrogens (tertiary/aromatic N) is 2. The number of aliphatic imine (C=N–C) groups is 1. The first-order chi connectivity index (χ1) is 11.1. The third-order valence-electron chi connectivity index (χ3n) is 3.43. The van der Waals surface area contributed by atoms with E-state index in [0.29, 0.717) is 16.2 Å². The van der Waals surface area contributed by atoms with Crippen molar-refractivity contribution >= 4 is 32.6 Å². The van der Waals surface area contributed by atoms with Crippen molar-refractivity contribution in [3.05, 3.63) is 59.4 Å². The predicted molar refractivity (Wildman–Crippen MR) is 91.8 cm³/mol. The Morgan fingerprint density at radius 2 is 2.04 bits per heavy atom. The minimum absolute atomic E-state index is 0.198. The van der Waals surface area contributed by atoms with Gasteiger partial charge in [-0.15, -0.1) is 0 Å². The van der Waals surface area contributed by atoms with E-state index in [1.807, 2.05) is 6.92 Å². The third kappa shape index (κ3) is 3.00. The smallest absolute Gasteiger partial charge is 0.251 e. The van der Waals surface area contributed by atoms with Gasteiger partial charge in [0.1, 0.15) is 4.99 Å². The van der Waals surface area contributed by atoms with Crippen LogP contribution in [0.1, 0.15) is 21.5 Å². The molecule has 1 aliphatic heterocycles. The number of pyridine rings is 1. The summed E-state index contributed by atoms with van der Waals surface area (Å²) in [6.45, 7) is 1.87. The molecule has 2 aromatic rings. The van der Waals surface area contributed by atoms with Crippen LogP contribution in [0.2, 0.25) is 0 Å². The number of rotatable bonds is 3. The molecule has 1 aromatic carbocycles. The summed E-state index contributed by atoms with van der Waals surface area (Å²) in [4.78, 5) is 20.4. The Bertz CT molecular complexity index is 833.